The molecular weight excluding hydrogens is 182 g/mol. The van der Waals surface area contributed by atoms with Crippen LogP contribution in [-0.2, 0) is 4.79 Å². The first-order chi connectivity index (χ1) is 6.77. The van der Waals surface area contributed by atoms with Crippen LogP contribution in [0.5, 0.6) is 0 Å². The van der Waals surface area contributed by atoms with E-state index < -0.39 is 5.97 Å². The molecule has 0 atom stereocenters. The second kappa shape index (κ2) is 3.69. The number of carboxylic acids is 1. The Bertz CT molecular complexity index is 306. The van der Waals surface area contributed by atoms with Crippen LogP contribution in [0.15, 0.2) is 12.4 Å². The Hall–Kier alpha value is -1.52. The number of aliphatic carboxylic acids is 1. The number of hydrogen-bond donors (Lipinski definition) is 2. The molecule has 1 aromatic rings. The number of carboxylic acid groups (broad SMARTS) is 1. The first-order valence-corrected chi connectivity index (χ1v) is 4.74. The average Bonchev–Trinajstić information content (AvgIpc) is 2.49. The van der Waals surface area contributed by atoms with E-state index in [2.05, 4.69) is 10.2 Å². The van der Waals surface area contributed by atoms with E-state index in [1.165, 1.54) is 6.42 Å². The fourth-order valence-corrected chi connectivity index (χ4v) is 1.68. The highest BCUT2D eigenvalue weighted by Crippen LogP contribution is 2.28. The van der Waals surface area contributed by atoms with Crippen molar-refractivity contribution >= 4 is 11.7 Å². The zero-order chi connectivity index (χ0) is 9.97. The van der Waals surface area contributed by atoms with Crippen LogP contribution in [0.2, 0.25) is 0 Å². The van der Waals surface area contributed by atoms with Crippen LogP contribution in [0.3, 0.4) is 0 Å². The number of aromatic amines is 1. The minimum atomic E-state index is -0.793. The minimum Gasteiger partial charge on any atom is -0.480 e. The number of carbonyl (C=O) groups is 1. The van der Waals surface area contributed by atoms with Crippen LogP contribution >= 0.6 is 0 Å². The van der Waals surface area contributed by atoms with Crippen LogP contribution in [0.1, 0.15) is 19.3 Å². The molecule has 0 unspecified atom stereocenters. The predicted molar refractivity (Wildman–Crippen MR) is 51.2 cm³/mol. The number of anilines is 1. The van der Waals surface area contributed by atoms with Gasteiger partial charge in [0.2, 0.25) is 0 Å². The third kappa shape index (κ3) is 1.71. The van der Waals surface area contributed by atoms with Crippen molar-refractivity contribution in [1.29, 1.82) is 0 Å². The smallest absolute Gasteiger partial charge is 0.323 e. The second-order valence-electron chi connectivity index (χ2n) is 3.56. The summed E-state index contributed by atoms with van der Waals surface area (Å²) in [6.07, 6.45) is 6.76. The van der Waals surface area contributed by atoms with Crippen molar-refractivity contribution in [2.24, 2.45) is 0 Å². The molecule has 1 aliphatic rings. The van der Waals surface area contributed by atoms with Gasteiger partial charge >= 0.3 is 5.97 Å². The van der Waals surface area contributed by atoms with E-state index in [4.69, 9.17) is 5.11 Å². The highest BCUT2D eigenvalue weighted by atomic mass is 16.4. The molecule has 2 N–H and O–H groups in total. The van der Waals surface area contributed by atoms with Crippen LogP contribution in [0.4, 0.5) is 5.69 Å². The molecule has 0 bridgehead atoms. The lowest BCUT2D eigenvalue weighted by Crippen LogP contribution is -2.43. The average molecular weight is 195 g/mol. The van der Waals surface area contributed by atoms with E-state index in [0.29, 0.717) is 6.04 Å². The Morgan fingerprint density at radius 3 is 2.93 bits per heavy atom. The molecule has 76 valence electrons. The summed E-state index contributed by atoms with van der Waals surface area (Å²) in [6, 6.07) is 0.378. The van der Waals surface area contributed by atoms with Gasteiger partial charge in [0.05, 0.1) is 11.9 Å². The van der Waals surface area contributed by atoms with Crippen molar-refractivity contribution in [3.05, 3.63) is 12.4 Å². The Morgan fingerprint density at radius 1 is 1.71 bits per heavy atom. The Labute approximate surface area is 81.7 Å². The summed E-state index contributed by atoms with van der Waals surface area (Å²) in [5, 5.41) is 15.3. The van der Waals surface area contributed by atoms with Gasteiger partial charge in [-0.25, -0.2) is 0 Å². The summed E-state index contributed by atoms with van der Waals surface area (Å²) in [7, 11) is 0. The van der Waals surface area contributed by atoms with Gasteiger partial charge in [0, 0.05) is 12.2 Å². The summed E-state index contributed by atoms with van der Waals surface area (Å²) in [4.78, 5) is 12.6. The highest BCUT2D eigenvalue weighted by molar-refractivity contribution is 5.73. The quantitative estimate of drug-likeness (QED) is 0.747. The molecule has 1 saturated carbocycles. The van der Waals surface area contributed by atoms with Crippen molar-refractivity contribution in [3.63, 3.8) is 0 Å². The van der Waals surface area contributed by atoms with Gasteiger partial charge in [-0.3, -0.25) is 9.89 Å². The molecule has 1 aromatic heterocycles. The molecule has 0 amide bonds. The number of nitrogens with zero attached hydrogens (tertiary/aromatic N) is 2. The van der Waals surface area contributed by atoms with Gasteiger partial charge in [-0.15, -0.1) is 0 Å². The number of rotatable bonds is 4. The number of nitrogens with one attached hydrogen (secondary N) is 1. The first-order valence-electron chi connectivity index (χ1n) is 4.74. The van der Waals surface area contributed by atoms with Crippen molar-refractivity contribution in [3.8, 4) is 0 Å². The minimum absolute atomic E-state index is 0.0597. The van der Waals surface area contributed by atoms with E-state index in [0.717, 1.165) is 18.5 Å². The Balaban J connectivity index is 2.09. The zero-order valence-electron chi connectivity index (χ0n) is 7.81. The van der Waals surface area contributed by atoms with Crippen molar-refractivity contribution in [2.75, 3.05) is 11.4 Å². The largest absolute Gasteiger partial charge is 0.480 e. The molecule has 1 aliphatic carbocycles. The van der Waals surface area contributed by atoms with E-state index >= 15 is 0 Å². The van der Waals surface area contributed by atoms with Crippen LogP contribution < -0.4 is 4.90 Å². The lowest BCUT2D eigenvalue weighted by molar-refractivity contribution is -0.135. The van der Waals surface area contributed by atoms with Gasteiger partial charge in [-0.1, -0.05) is 0 Å². The van der Waals surface area contributed by atoms with Crippen LogP contribution in [-0.4, -0.2) is 33.9 Å². The molecule has 5 nitrogen and oxygen atoms in total. The van der Waals surface area contributed by atoms with Gasteiger partial charge < -0.3 is 10.0 Å². The molecule has 1 heterocycles. The SMILES string of the molecule is O=C(O)CN(c1cn[nH]c1)C1CCC1. The van der Waals surface area contributed by atoms with E-state index in [1.807, 2.05) is 4.90 Å². The van der Waals surface area contributed by atoms with Gasteiger partial charge in [0.25, 0.3) is 0 Å². The molecule has 0 aromatic carbocycles. The number of hydrogen-bond acceptors (Lipinski definition) is 3. The van der Waals surface area contributed by atoms with Crippen LogP contribution in [0.25, 0.3) is 0 Å². The molecule has 2 rings (SSSR count). The topological polar surface area (TPSA) is 69.2 Å². The van der Waals surface area contributed by atoms with E-state index in [1.54, 1.807) is 12.4 Å². The van der Waals surface area contributed by atoms with Crippen LogP contribution in [0, 0.1) is 0 Å². The second-order valence-corrected chi connectivity index (χ2v) is 3.56. The first kappa shape index (κ1) is 9.05. The summed E-state index contributed by atoms with van der Waals surface area (Å²) in [5.41, 5.74) is 0.872. The fourth-order valence-electron chi connectivity index (χ4n) is 1.68. The normalized spacial score (nSPS) is 16.3. The summed E-state index contributed by atoms with van der Waals surface area (Å²) in [5.74, 6) is -0.793. The Morgan fingerprint density at radius 2 is 2.50 bits per heavy atom. The standard InChI is InChI=1S/C9H13N3O2/c13-9(14)6-12(7-2-1-3-7)8-4-10-11-5-8/h4-5,7H,1-3,6H2,(H,10,11)(H,13,14). The maximum absolute atomic E-state index is 10.7. The molecule has 0 saturated heterocycles. The fraction of sp³-hybridized carbons (Fsp3) is 0.556. The van der Waals surface area contributed by atoms with Crippen molar-refractivity contribution < 1.29 is 9.90 Å². The Kier molecular flexibility index (Phi) is 2.39. The third-order valence-corrected chi connectivity index (χ3v) is 2.64. The van der Waals surface area contributed by atoms with Crippen molar-refractivity contribution in [1.82, 2.24) is 10.2 Å². The number of H-pyrrole nitrogens is 1. The molecule has 1 fully saturated rings. The van der Waals surface area contributed by atoms with Crippen molar-refractivity contribution in [2.45, 2.75) is 25.3 Å². The lowest BCUT2D eigenvalue weighted by Gasteiger charge is -2.37. The van der Waals surface area contributed by atoms with Gasteiger partial charge in [0.15, 0.2) is 0 Å². The summed E-state index contributed by atoms with van der Waals surface area (Å²) in [6.45, 7) is 0.0597. The lowest BCUT2D eigenvalue weighted by atomic mass is 9.91. The molecule has 5 heteroatoms. The van der Waals surface area contributed by atoms with E-state index in [-0.39, 0.29) is 6.54 Å². The third-order valence-electron chi connectivity index (χ3n) is 2.64. The maximum Gasteiger partial charge on any atom is 0.323 e. The van der Waals surface area contributed by atoms with Gasteiger partial charge in [0.1, 0.15) is 6.54 Å². The molecule has 0 spiro atoms. The summed E-state index contributed by atoms with van der Waals surface area (Å²) < 4.78 is 0. The summed E-state index contributed by atoms with van der Waals surface area (Å²) >= 11 is 0. The molecule has 14 heavy (non-hydrogen) atoms. The van der Waals surface area contributed by atoms with Gasteiger partial charge in [-0.2, -0.15) is 5.10 Å². The molecule has 0 aliphatic heterocycles. The highest BCUT2D eigenvalue weighted by Gasteiger charge is 2.27. The molecule has 0 radical (unpaired) electrons. The van der Waals surface area contributed by atoms with E-state index in [9.17, 15) is 4.79 Å². The predicted octanol–water partition coefficient (Wildman–Crippen LogP) is 0.853. The van der Waals surface area contributed by atoms with Gasteiger partial charge in [-0.05, 0) is 19.3 Å². The zero-order valence-corrected chi connectivity index (χ0v) is 7.81. The number of aromatic nitrogens is 2. The maximum atomic E-state index is 10.7. The molecular formula is C9H13N3O2. The monoisotopic (exact) mass is 195 g/mol.